The minimum Gasteiger partial charge on any atom is -0.545 e. The third-order valence-corrected chi connectivity index (χ3v) is 16.5. The van der Waals surface area contributed by atoms with E-state index < -0.39 is 24.3 Å². The molecule has 9 heteroatoms. The third kappa shape index (κ3) is 73.2. The Balaban J connectivity index is 4.11. The van der Waals surface area contributed by atoms with Crippen molar-refractivity contribution in [3.63, 3.8) is 0 Å². The predicted octanol–water partition coefficient (Wildman–Crippen LogP) is 22.8. The predicted molar refractivity (Wildman–Crippen MR) is 389 cm³/mol. The summed E-state index contributed by atoms with van der Waals surface area (Å²) in [4.78, 5) is 37.5. The van der Waals surface area contributed by atoms with Gasteiger partial charge in [0.15, 0.2) is 12.4 Å². The lowest BCUT2D eigenvalue weighted by Crippen LogP contribution is -2.44. The van der Waals surface area contributed by atoms with Crippen molar-refractivity contribution in [2.75, 3.05) is 47.5 Å². The van der Waals surface area contributed by atoms with Gasteiger partial charge in [0, 0.05) is 12.8 Å². The molecular formula is C82H143NO8. The van der Waals surface area contributed by atoms with Crippen molar-refractivity contribution in [1.29, 1.82) is 0 Å². The standard InChI is InChI=1S/C82H143NO8/c1-6-8-10-12-14-16-18-20-22-24-26-28-30-32-34-36-37-38-39-40-41-42-43-45-46-48-50-52-54-56-58-60-62-64-66-68-70-72-79(84)89-76-78(77-90-82(81(86)87)88-75-74-83(3,4)5)91-80(85)73-71-69-67-65-63-61-59-57-55-53-51-49-47-44-35-33-31-29-27-25-23-21-19-17-15-13-11-9-7-2/h9,11,15,17,21,23,27,29,33,35,47,49,53,55,59,61,65,67,78,82H,6-8,10,12-14,16,18-20,22,24-26,28,30-32,34,36-46,48,50-52,54,56-58,60,62-64,66,68-77H2,1-5H3/b11-9-,17-15-,23-21-,29-27-,35-33-,49-47-,55-53-,61-59-,67-65-. The van der Waals surface area contributed by atoms with E-state index in [1.54, 1.807) is 0 Å². The Labute approximate surface area is 562 Å². The highest BCUT2D eigenvalue weighted by Crippen LogP contribution is 2.19. The number of likely N-dealkylation sites (N-methyl/N-ethyl adjacent to an activating group) is 1. The van der Waals surface area contributed by atoms with Crippen LogP contribution in [0.15, 0.2) is 109 Å². The van der Waals surface area contributed by atoms with Crippen molar-refractivity contribution in [2.45, 2.75) is 347 Å². The molecule has 0 amide bonds. The maximum Gasteiger partial charge on any atom is 0.306 e. The molecule has 0 rings (SSSR count). The van der Waals surface area contributed by atoms with Crippen LogP contribution in [0.2, 0.25) is 0 Å². The SMILES string of the molecule is CC/C=C\C/C=C\C/C=C\C/C=C\C/C=C\C/C=C\C/C=C\C/C=C\C/C=C\CCCC(=O)OC(COC(=O)CCCCCCCCCCCCCCCCCCCCCCCCCCCCCCCCCCCCCCC)COC(OCC[N+](C)(C)C)C(=O)[O-]. The van der Waals surface area contributed by atoms with E-state index in [1.807, 2.05) is 21.1 Å². The zero-order valence-electron chi connectivity index (χ0n) is 59.9. The van der Waals surface area contributed by atoms with E-state index in [2.05, 4.69) is 123 Å². The monoisotopic (exact) mass is 1270 g/mol. The number of carboxylic acid groups (broad SMARTS) is 1. The molecule has 0 spiro atoms. The fourth-order valence-electron chi connectivity index (χ4n) is 10.8. The van der Waals surface area contributed by atoms with E-state index in [9.17, 15) is 19.5 Å². The lowest BCUT2D eigenvalue weighted by atomic mass is 10.0. The summed E-state index contributed by atoms with van der Waals surface area (Å²) in [5, 5.41) is 11.8. The lowest BCUT2D eigenvalue weighted by Gasteiger charge is -2.26. The first-order valence-electron chi connectivity index (χ1n) is 38.0. The smallest absolute Gasteiger partial charge is 0.306 e. The van der Waals surface area contributed by atoms with E-state index in [4.69, 9.17) is 18.9 Å². The number of esters is 2. The summed E-state index contributed by atoms with van der Waals surface area (Å²) in [5.74, 6) is -2.36. The van der Waals surface area contributed by atoms with Crippen LogP contribution < -0.4 is 5.11 Å². The molecule has 524 valence electrons. The Hall–Kier alpha value is -4.05. The van der Waals surface area contributed by atoms with Crippen LogP contribution in [0.25, 0.3) is 0 Å². The summed E-state index contributed by atoms with van der Waals surface area (Å²) >= 11 is 0. The molecule has 0 fully saturated rings. The fourth-order valence-corrected chi connectivity index (χ4v) is 10.8. The van der Waals surface area contributed by atoms with Gasteiger partial charge in [0.2, 0.25) is 0 Å². The van der Waals surface area contributed by atoms with Gasteiger partial charge in [0.1, 0.15) is 13.2 Å². The fraction of sp³-hybridized carbons (Fsp3) is 0.744. The molecule has 91 heavy (non-hydrogen) atoms. The quantitative estimate of drug-likeness (QED) is 0.0195. The zero-order chi connectivity index (χ0) is 66.1. The number of aliphatic carboxylic acids is 1. The Kier molecular flexibility index (Phi) is 68.6. The number of quaternary nitrogens is 1. The number of nitrogens with zero attached hydrogens (tertiary/aromatic N) is 1. The molecular weight excluding hydrogens is 1130 g/mol. The lowest BCUT2D eigenvalue weighted by molar-refractivity contribution is -0.870. The number of carbonyl (C=O) groups excluding carboxylic acids is 3. The number of allylic oxidation sites excluding steroid dienone is 18. The van der Waals surface area contributed by atoms with Crippen molar-refractivity contribution < 1.29 is 42.9 Å². The molecule has 0 aliphatic rings. The number of hydrogen-bond acceptors (Lipinski definition) is 8. The molecule has 0 radical (unpaired) electrons. The van der Waals surface area contributed by atoms with E-state index in [1.165, 1.54) is 218 Å². The second-order valence-electron chi connectivity index (χ2n) is 26.6. The number of rotatable bonds is 70. The van der Waals surface area contributed by atoms with E-state index >= 15 is 0 Å². The van der Waals surface area contributed by atoms with Crippen molar-refractivity contribution in [3.8, 4) is 0 Å². The van der Waals surface area contributed by atoms with Crippen molar-refractivity contribution in [2.24, 2.45) is 0 Å². The average Bonchev–Trinajstić information content (AvgIpc) is 3.66. The molecule has 0 aromatic carbocycles. The van der Waals surface area contributed by atoms with Gasteiger partial charge in [-0.25, -0.2) is 0 Å². The molecule has 2 unspecified atom stereocenters. The second-order valence-corrected chi connectivity index (χ2v) is 26.6. The third-order valence-electron chi connectivity index (χ3n) is 16.5. The largest absolute Gasteiger partial charge is 0.545 e. The van der Waals surface area contributed by atoms with Gasteiger partial charge in [-0.2, -0.15) is 0 Å². The van der Waals surface area contributed by atoms with Gasteiger partial charge >= 0.3 is 11.9 Å². The van der Waals surface area contributed by atoms with Crippen LogP contribution in [0.3, 0.4) is 0 Å². The highest BCUT2D eigenvalue weighted by Gasteiger charge is 2.22. The molecule has 0 aliphatic heterocycles. The van der Waals surface area contributed by atoms with Crippen LogP contribution in [0.5, 0.6) is 0 Å². The van der Waals surface area contributed by atoms with Crippen molar-refractivity contribution in [3.05, 3.63) is 109 Å². The summed E-state index contributed by atoms with van der Waals surface area (Å²) < 4.78 is 22.7. The van der Waals surface area contributed by atoms with Crippen molar-refractivity contribution in [1.82, 2.24) is 0 Å². The molecule has 0 aromatic heterocycles. The van der Waals surface area contributed by atoms with Gasteiger partial charge in [0.25, 0.3) is 0 Å². The normalized spacial score (nSPS) is 13.3. The van der Waals surface area contributed by atoms with Gasteiger partial charge in [0.05, 0.1) is 40.3 Å². The van der Waals surface area contributed by atoms with Crippen LogP contribution in [0.4, 0.5) is 0 Å². The molecule has 9 nitrogen and oxygen atoms in total. The van der Waals surface area contributed by atoms with Gasteiger partial charge in [-0.3, -0.25) is 9.59 Å². The Morgan fingerprint density at radius 3 is 0.923 bits per heavy atom. The number of carboxylic acids is 1. The summed E-state index contributed by atoms with van der Waals surface area (Å²) in [6, 6.07) is 0. The molecule has 0 bridgehead atoms. The molecule has 0 saturated heterocycles. The maximum atomic E-state index is 12.9. The first-order chi connectivity index (χ1) is 44.6. The summed E-state index contributed by atoms with van der Waals surface area (Å²) in [6.45, 7) is 4.60. The highest BCUT2D eigenvalue weighted by molar-refractivity contribution is 5.70. The van der Waals surface area contributed by atoms with Gasteiger partial charge in [-0.15, -0.1) is 0 Å². The number of unbranched alkanes of at least 4 members (excludes halogenated alkanes) is 37. The van der Waals surface area contributed by atoms with Crippen LogP contribution >= 0.6 is 0 Å². The van der Waals surface area contributed by atoms with Crippen LogP contribution in [0, 0.1) is 0 Å². The maximum absolute atomic E-state index is 12.9. The van der Waals surface area contributed by atoms with Crippen LogP contribution in [-0.4, -0.2) is 82.3 Å². The average molecular weight is 1270 g/mol. The second kappa shape index (κ2) is 71.8. The van der Waals surface area contributed by atoms with E-state index in [0.29, 0.717) is 23.9 Å². The van der Waals surface area contributed by atoms with Gasteiger partial charge in [-0.05, 0) is 77.0 Å². The molecule has 0 N–H and O–H groups in total. The van der Waals surface area contributed by atoms with Crippen molar-refractivity contribution >= 4 is 17.9 Å². The summed E-state index contributed by atoms with van der Waals surface area (Å²) in [7, 11) is 5.91. The van der Waals surface area contributed by atoms with Crippen LogP contribution in [0.1, 0.15) is 335 Å². The molecule has 2 atom stereocenters. The molecule has 0 aliphatic carbocycles. The minimum absolute atomic E-state index is 0.132. The minimum atomic E-state index is -1.64. The number of hydrogen-bond donors (Lipinski definition) is 0. The summed E-state index contributed by atoms with van der Waals surface area (Å²) in [5.41, 5.74) is 0. The Morgan fingerprint density at radius 1 is 0.341 bits per heavy atom. The summed E-state index contributed by atoms with van der Waals surface area (Å²) in [6.07, 6.45) is 97.9. The first kappa shape index (κ1) is 87.0. The zero-order valence-corrected chi connectivity index (χ0v) is 59.9. The topological polar surface area (TPSA) is 111 Å². The number of carbonyl (C=O) groups is 3. The Bertz CT molecular complexity index is 1870. The van der Waals surface area contributed by atoms with Crippen LogP contribution in [-0.2, 0) is 33.3 Å². The first-order valence-corrected chi connectivity index (χ1v) is 38.0. The van der Waals surface area contributed by atoms with Gasteiger partial charge < -0.3 is 33.3 Å². The number of ether oxygens (including phenoxy) is 4. The Morgan fingerprint density at radius 2 is 0.626 bits per heavy atom. The molecule has 0 heterocycles. The van der Waals surface area contributed by atoms with E-state index in [0.717, 1.165) is 77.0 Å². The molecule has 0 saturated carbocycles. The highest BCUT2D eigenvalue weighted by atomic mass is 16.7. The van der Waals surface area contributed by atoms with Gasteiger partial charge in [-0.1, -0.05) is 354 Å². The van der Waals surface area contributed by atoms with E-state index in [-0.39, 0.29) is 38.6 Å². The molecule has 0 aromatic rings.